The molecule has 9 heteroatoms. The molecule has 1 N–H and O–H groups in total. The fourth-order valence-corrected chi connectivity index (χ4v) is 3.18. The number of guanidine groups is 1. The molecular weight excluding hydrogens is 488 g/mol. The van der Waals surface area contributed by atoms with Gasteiger partial charge in [-0.05, 0) is 18.6 Å². The average molecular weight is 517 g/mol. The Hall–Kier alpha value is -1.88. The van der Waals surface area contributed by atoms with Crippen LogP contribution in [0.25, 0.3) is 0 Å². The Labute approximate surface area is 188 Å². The number of ether oxygens (including phenoxy) is 2. The molecule has 1 saturated heterocycles. The van der Waals surface area contributed by atoms with Crippen LogP contribution in [0.1, 0.15) is 25.0 Å². The van der Waals surface area contributed by atoms with E-state index in [-0.39, 0.29) is 47.8 Å². The van der Waals surface area contributed by atoms with Crippen LogP contribution in [0.2, 0.25) is 0 Å². The summed E-state index contributed by atoms with van der Waals surface area (Å²) in [5.41, 5.74) is 1.05. The molecule has 2 heterocycles. The minimum absolute atomic E-state index is 0. The summed E-state index contributed by atoms with van der Waals surface area (Å²) in [5.74, 6) is 0.708. The molecule has 1 aromatic carbocycles. The number of aromatic nitrogens is 2. The fourth-order valence-electron chi connectivity index (χ4n) is 3.18. The summed E-state index contributed by atoms with van der Waals surface area (Å²) in [7, 11) is 3.65. The van der Waals surface area contributed by atoms with Crippen molar-refractivity contribution in [2.45, 2.75) is 25.6 Å². The summed E-state index contributed by atoms with van der Waals surface area (Å²) in [6, 6.07) is 6.47. The molecule has 1 aliphatic rings. The van der Waals surface area contributed by atoms with Gasteiger partial charge in [0.2, 0.25) is 0 Å². The third-order valence-corrected chi connectivity index (χ3v) is 4.75. The molecule has 0 bridgehead atoms. The Bertz CT molecular complexity index is 801. The quantitative estimate of drug-likeness (QED) is 0.363. The number of hydrogen-bond donors (Lipinski definition) is 1. The molecule has 2 atom stereocenters. The number of morpholine rings is 1. The SMILES string of the molecule is CCC(CNC(=NC)N1CCOC(c2cnn(C)c2)C1)Oc1ccccc1F.I. The fraction of sp³-hybridized carbons (Fsp3) is 0.500. The Morgan fingerprint density at radius 2 is 2.24 bits per heavy atom. The van der Waals surface area contributed by atoms with Gasteiger partial charge in [-0.2, -0.15) is 5.10 Å². The molecular formula is C20H29FIN5O2. The van der Waals surface area contributed by atoms with Crippen molar-refractivity contribution in [1.29, 1.82) is 0 Å². The third kappa shape index (κ3) is 6.30. The lowest BCUT2D eigenvalue weighted by Crippen LogP contribution is -2.50. The lowest BCUT2D eigenvalue weighted by Gasteiger charge is -2.35. The molecule has 7 nitrogen and oxygen atoms in total. The Balaban J connectivity index is 0.00000300. The van der Waals surface area contributed by atoms with E-state index in [2.05, 4.69) is 20.3 Å². The van der Waals surface area contributed by atoms with E-state index in [0.717, 1.165) is 24.5 Å². The van der Waals surface area contributed by atoms with Gasteiger partial charge >= 0.3 is 0 Å². The van der Waals surface area contributed by atoms with Gasteiger partial charge in [0.05, 0.1) is 25.9 Å². The highest BCUT2D eigenvalue weighted by molar-refractivity contribution is 14.0. The third-order valence-electron chi connectivity index (χ3n) is 4.75. The van der Waals surface area contributed by atoms with Crippen molar-refractivity contribution in [3.8, 4) is 5.75 Å². The lowest BCUT2D eigenvalue weighted by molar-refractivity contribution is -0.00817. The summed E-state index contributed by atoms with van der Waals surface area (Å²) in [6.45, 7) is 4.61. The first-order valence-electron chi connectivity index (χ1n) is 9.57. The van der Waals surface area contributed by atoms with Crippen molar-refractivity contribution in [3.05, 3.63) is 48.0 Å². The predicted octanol–water partition coefficient (Wildman–Crippen LogP) is 2.98. The molecule has 0 spiro atoms. The predicted molar refractivity (Wildman–Crippen MR) is 121 cm³/mol. The molecule has 1 aromatic heterocycles. The number of para-hydroxylation sites is 1. The first-order chi connectivity index (χ1) is 13.6. The van der Waals surface area contributed by atoms with Crippen LogP contribution in [0.5, 0.6) is 5.75 Å². The first kappa shape index (κ1) is 23.4. The number of aliphatic imine (C=N–C) groups is 1. The summed E-state index contributed by atoms with van der Waals surface area (Å²) >= 11 is 0. The van der Waals surface area contributed by atoms with E-state index in [1.165, 1.54) is 6.07 Å². The van der Waals surface area contributed by atoms with Gasteiger partial charge in [0.1, 0.15) is 12.2 Å². The minimum atomic E-state index is -0.349. The Morgan fingerprint density at radius 1 is 1.45 bits per heavy atom. The van der Waals surface area contributed by atoms with E-state index in [4.69, 9.17) is 9.47 Å². The van der Waals surface area contributed by atoms with Crippen molar-refractivity contribution in [1.82, 2.24) is 20.0 Å². The highest BCUT2D eigenvalue weighted by Gasteiger charge is 2.25. The highest BCUT2D eigenvalue weighted by atomic mass is 127. The largest absolute Gasteiger partial charge is 0.486 e. The van der Waals surface area contributed by atoms with E-state index >= 15 is 0 Å². The summed E-state index contributed by atoms with van der Waals surface area (Å²) in [5, 5.41) is 7.58. The number of nitrogens with zero attached hydrogens (tertiary/aromatic N) is 4. The molecule has 0 radical (unpaired) electrons. The standard InChI is InChI=1S/C20H28FN5O2.HI/c1-4-16(28-18-8-6-5-7-17(18)21)12-23-20(22-2)26-9-10-27-19(14-26)15-11-24-25(3)13-15;/h5-8,11,13,16,19H,4,9-10,12,14H2,1-3H3,(H,22,23);1H. The molecule has 1 aliphatic heterocycles. The van der Waals surface area contributed by atoms with Gasteiger partial charge in [0, 0.05) is 32.4 Å². The molecule has 1 fully saturated rings. The van der Waals surface area contributed by atoms with Crippen LogP contribution in [-0.4, -0.2) is 60.0 Å². The molecule has 3 rings (SSSR count). The van der Waals surface area contributed by atoms with Crippen LogP contribution in [-0.2, 0) is 11.8 Å². The van der Waals surface area contributed by atoms with Gasteiger partial charge in [0.25, 0.3) is 0 Å². The maximum atomic E-state index is 13.9. The second kappa shape index (κ2) is 11.3. The zero-order chi connectivity index (χ0) is 19.9. The molecule has 160 valence electrons. The van der Waals surface area contributed by atoms with E-state index in [1.807, 2.05) is 26.4 Å². The monoisotopic (exact) mass is 517 g/mol. The van der Waals surface area contributed by atoms with Crippen molar-refractivity contribution >= 4 is 29.9 Å². The number of hydrogen-bond acceptors (Lipinski definition) is 4. The number of nitrogens with one attached hydrogen (secondary N) is 1. The van der Waals surface area contributed by atoms with Gasteiger partial charge < -0.3 is 19.7 Å². The Morgan fingerprint density at radius 3 is 2.90 bits per heavy atom. The number of aryl methyl sites for hydroxylation is 1. The van der Waals surface area contributed by atoms with E-state index in [1.54, 1.807) is 29.9 Å². The van der Waals surface area contributed by atoms with E-state index in [9.17, 15) is 4.39 Å². The van der Waals surface area contributed by atoms with Crippen LogP contribution in [0.3, 0.4) is 0 Å². The van der Waals surface area contributed by atoms with Gasteiger partial charge in [0.15, 0.2) is 17.5 Å². The van der Waals surface area contributed by atoms with E-state index in [0.29, 0.717) is 19.7 Å². The minimum Gasteiger partial charge on any atom is -0.486 e. The summed E-state index contributed by atoms with van der Waals surface area (Å²) in [6.07, 6.45) is 4.35. The van der Waals surface area contributed by atoms with Crippen LogP contribution in [0.15, 0.2) is 41.7 Å². The van der Waals surface area contributed by atoms with Crippen LogP contribution < -0.4 is 10.1 Å². The van der Waals surface area contributed by atoms with Crippen LogP contribution in [0, 0.1) is 5.82 Å². The second-order valence-electron chi connectivity index (χ2n) is 6.76. The highest BCUT2D eigenvalue weighted by Crippen LogP contribution is 2.22. The van der Waals surface area contributed by atoms with Gasteiger partial charge in [-0.15, -0.1) is 24.0 Å². The molecule has 29 heavy (non-hydrogen) atoms. The van der Waals surface area contributed by atoms with Crippen molar-refractivity contribution in [2.24, 2.45) is 12.0 Å². The first-order valence-corrected chi connectivity index (χ1v) is 9.57. The maximum absolute atomic E-state index is 13.9. The molecule has 0 aliphatic carbocycles. The van der Waals surface area contributed by atoms with E-state index < -0.39 is 0 Å². The second-order valence-corrected chi connectivity index (χ2v) is 6.76. The van der Waals surface area contributed by atoms with Gasteiger partial charge in [-0.3, -0.25) is 9.67 Å². The van der Waals surface area contributed by atoms with Crippen molar-refractivity contribution in [2.75, 3.05) is 33.3 Å². The average Bonchev–Trinajstić information content (AvgIpc) is 3.15. The molecule has 0 saturated carbocycles. The van der Waals surface area contributed by atoms with Gasteiger partial charge in [-0.25, -0.2) is 4.39 Å². The topological polar surface area (TPSA) is 63.9 Å². The van der Waals surface area contributed by atoms with Crippen LogP contribution in [0.4, 0.5) is 4.39 Å². The summed E-state index contributed by atoms with van der Waals surface area (Å²) < 4.78 is 27.3. The van der Waals surface area contributed by atoms with Crippen molar-refractivity contribution < 1.29 is 13.9 Å². The molecule has 2 aromatic rings. The zero-order valence-electron chi connectivity index (χ0n) is 17.0. The number of rotatable bonds is 6. The maximum Gasteiger partial charge on any atom is 0.193 e. The Kier molecular flexibility index (Phi) is 9.15. The number of benzene rings is 1. The smallest absolute Gasteiger partial charge is 0.193 e. The van der Waals surface area contributed by atoms with Crippen LogP contribution >= 0.6 is 24.0 Å². The van der Waals surface area contributed by atoms with Crippen molar-refractivity contribution in [3.63, 3.8) is 0 Å². The summed E-state index contributed by atoms with van der Waals surface area (Å²) in [4.78, 5) is 6.57. The normalized spacial score (nSPS) is 18.1. The molecule has 2 unspecified atom stereocenters. The number of halogens is 2. The lowest BCUT2D eigenvalue weighted by atomic mass is 10.1. The zero-order valence-corrected chi connectivity index (χ0v) is 19.4. The molecule has 0 amide bonds. The van der Waals surface area contributed by atoms with Gasteiger partial charge in [-0.1, -0.05) is 19.1 Å².